The normalized spacial score (nSPS) is 10.9. The van der Waals surface area contributed by atoms with Gasteiger partial charge >= 0.3 is 21.2 Å². The number of hydrogen-bond donors (Lipinski definition) is 1. The summed E-state index contributed by atoms with van der Waals surface area (Å²) in [7, 11) is 0. The van der Waals surface area contributed by atoms with Crippen molar-refractivity contribution in [3.05, 3.63) is 66.8 Å². The molecule has 0 spiro atoms. The highest BCUT2D eigenvalue weighted by atomic mass is 127. The smallest absolute Gasteiger partial charge is 0.326 e. The van der Waals surface area contributed by atoms with Crippen molar-refractivity contribution in [2.45, 2.75) is 26.8 Å². The van der Waals surface area contributed by atoms with Crippen LogP contribution < -0.4 is 26.9 Å². The second-order valence-electron chi connectivity index (χ2n) is 5.15. The minimum atomic E-state index is -0.0640. The molecular formula is C17H21IN+. The zero-order valence-electron chi connectivity index (χ0n) is 11.6. The predicted octanol–water partition coefficient (Wildman–Crippen LogP) is 0.472. The van der Waals surface area contributed by atoms with Gasteiger partial charge in [-0.1, -0.05) is 38.1 Å². The average Bonchev–Trinajstić information content (AvgIpc) is 2.41. The van der Waals surface area contributed by atoms with Crippen molar-refractivity contribution in [1.82, 2.24) is 0 Å². The number of benzene rings is 2. The van der Waals surface area contributed by atoms with E-state index in [1.54, 1.807) is 0 Å². The molecule has 2 aromatic rings. The van der Waals surface area contributed by atoms with Gasteiger partial charge in [-0.05, 0) is 47.7 Å². The van der Waals surface area contributed by atoms with Gasteiger partial charge in [-0.3, -0.25) is 0 Å². The van der Waals surface area contributed by atoms with Crippen LogP contribution in [0.25, 0.3) is 0 Å². The first-order valence-electron chi connectivity index (χ1n) is 6.70. The summed E-state index contributed by atoms with van der Waals surface area (Å²) in [5.41, 5.74) is 8.27. The molecule has 0 fully saturated rings. The fraction of sp³-hybridized carbons (Fsp3) is 0.294. The summed E-state index contributed by atoms with van der Waals surface area (Å²) < 4.78 is 2.93. The van der Waals surface area contributed by atoms with Crippen LogP contribution in [0.4, 0.5) is 0 Å². The third kappa shape index (κ3) is 4.62. The lowest BCUT2D eigenvalue weighted by atomic mass is 10.0. The Kier molecular flexibility index (Phi) is 5.40. The van der Waals surface area contributed by atoms with Gasteiger partial charge in [-0.15, -0.1) is 0 Å². The third-order valence-electron chi connectivity index (χ3n) is 2.92. The van der Waals surface area contributed by atoms with Gasteiger partial charge in [0.1, 0.15) is 0 Å². The molecule has 0 saturated carbocycles. The fourth-order valence-electron chi connectivity index (χ4n) is 1.96. The van der Waals surface area contributed by atoms with Gasteiger partial charge < -0.3 is 5.73 Å². The summed E-state index contributed by atoms with van der Waals surface area (Å²) in [4.78, 5) is 0. The minimum Gasteiger partial charge on any atom is -0.326 e. The first-order chi connectivity index (χ1) is 9.17. The Morgan fingerprint density at radius 1 is 0.842 bits per heavy atom. The predicted molar refractivity (Wildman–Crippen MR) is 76.7 cm³/mol. The molecule has 0 aliphatic heterocycles. The van der Waals surface area contributed by atoms with E-state index in [0.29, 0.717) is 6.54 Å². The summed E-state index contributed by atoms with van der Waals surface area (Å²) in [6, 6.07) is 17.9. The molecule has 0 aromatic heterocycles. The zero-order chi connectivity index (χ0) is 13.7. The monoisotopic (exact) mass is 366 g/mol. The van der Waals surface area contributed by atoms with Crippen molar-refractivity contribution in [2.24, 2.45) is 11.7 Å². The highest BCUT2D eigenvalue weighted by Crippen LogP contribution is 2.06. The van der Waals surface area contributed by atoms with Crippen molar-refractivity contribution in [3.63, 3.8) is 0 Å². The van der Waals surface area contributed by atoms with E-state index in [9.17, 15) is 0 Å². The molecule has 0 unspecified atom stereocenters. The van der Waals surface area contributed by atoms with Crippen LogP contribution in [-0.2, 0) is 13.0 Å². The molecule has 0 bridgehead atoms. The molecule has 0 heterocycles. The Morgan fingerprint density at radius 3 is 1.74 bits per heavy atom. The lowest BCUT2D eigenvalue weighted by molar-refractivity contribution is -0.597. The molecule has 2 aromatic carbocycles. The van der Waals surface area contributed by atoms with E-state index in [1.807, 2.05) is 0 Å². The Morgan fingerprint density at radius 2 is 1.32 bits per heavy atom. The number of hydrogen-bond acceptors (Lipinski definition) is 1. The molecule has 2 heteroatoms. The summed E-state index contributed by atoms with van der Waals surface area (Å²) in [6.45, 7) is 5.15. The number of nitrogens with two attached hydrogens (primary N) is 1. The van der Waals surface area contributed by atoms with Crippen LogP contribution in [0, 0.1) is 13.1 Å². The van der Waals surface area contributed by atoms with E-state index in [2.05, 4.69) is 62.4 Å². The molecule has 2 N–H and O–H groups in total. The van der Waals surface area contributed by atoms with Crippen LogP contribution in [0.1, 0.15) is 25.0 Å². The largest absolute Gasteiger partial charge is 0.357 e. The standard InChI is InChI=1S/C17H21IN/c1-13(2)11-14-3-7-16(8-4-14)18-17-9-5-15(12-19)6-10-17/h3-10,13H,11-12,19H2,1-2H3/q+1. The quantitative estimate of drug-likeness (QED) is 0.766. The van der Waals surface area contributed by atoms with E-state index < -0.39 is 0 Å². The van der Waals surface area contributed by atoms with E-state index in [-0.39, 0.29) is 21.2 Å². The maximum absolute atomic E-state index is 5.62. The van der Waals surface area contributed by atoms with Crippen LogP contribution in [-0.4, -0.2) is 0 Å². The number of rotatable bonds is 5. The molecule has 2 rings (SSSR count). The van der Waals surface area contributed by atoms with Crippen molar-refractivity contribution in [1.29, 1.82) is 0 Å². The van der Waals surface area contributed by atoms with Gasteiger partial charge in [-0.2, -0.15) is 0 Å². The van der Waals surface area contributed by atoms with Gasteiger partial charge in [-0.25, -0.2) is 0 Å². The SMILES string of the molecule is CC(C)Cc1ccc([I+]c2ccc(CN)cc2)cc1. The Hall–Kier alpha value is -0.870. The van der Waals surface area contributed by atoms with Crippen molar-refractivity contribution >= 4 is 0 Å². The molecule has 1 nitrogen and oxygen atoms in total. The Bertz CT molecular complexity index is 500. The van der Waals surface area contributed by atoms with Crippen LogP contribution in [0.5, 0.6) is 0 Å². The molecule has 0 radical (unpaired) electrons. The van der Waals surface area contributed by atoms with Gasteiger partial charge in [0.05, 0.1) is 0 Å². The second kappa shape index (κ2) is 7.06. The van der Waals surface area contributed by atoms with Crippen LogP contribution in [0.2, 0.25) is 0 Å². The Balaban J connectivity index is 2.02. The van der Waals surface area contributed by atoms with Crippen LogP contribution in [0.3, 0.4) is 0 Å². The summed E-state index contributed by atoms with van der Waals surface area (Å²) in [5.74, 6) is 0.726. The van der Waals surface area contributed by atoms with Crippen molar-refractivity contribution in [2.75, 3.05) is 0 Å². The molecule has 19 heavy (non-hydrogen) atoms. The molecule has 0 amide bonds. The first-order valence-corrected chi connectivity index (χ1v) is 8.86. The molecule has 0 aliphatic carbocycles. The molecule has 0 saturated heterocycles. The lowest BCUT2D eigenvalue weighted by Gasteiger charge is -2.03. The molecular weight excluding hydrogens is 345 g/mol. The van der Waals surface area contributed by atoms with E-state index in [0.717, 1.165) is 5.92 Å². The third-order valence-corrected chi connectivity index (χ3v) is 5.61. The topological polar surface area (TPSA) is 26.0 Å². The maximum atomic E-state index is 5.62. The zero-order valence-corrected chi connectivity index (χ0v) is 13.7. The summed E-state index contributed by atoms with van der Waals surface area (Å²) >= 11 is -0.0640. The van der Waals surface area contributed by atoms with Gasteiger partial charge in [0.25, 0.3) is 0 Å². The van der Waals surface area contributed by atoms with Crippen LogP contribution >= 0.6 is 0 Å². The van der Waals surface area contributed by atoms with Gasteiger partial charge in [0.2, 0.25) is 0 Å². The highest BCUT2D eigenvalue weighted by Gasteiger charge is 2.14. The molecule has 100 valence electrons. The average molecular weight is 366 g/mol. The van der Waals surface area contributed by atoms with Crippen molar-refractivity contribution < 1.29 is 21.2 Å². The van der Waals surface area contributed by atoms with Gasteiger partial charge in [0, 0.05) is 6.54 Å². The summed E-state index contributed by atoms with van der Waals surface area (Å²) in [5, 5.41) is 0. The van der Waals surface area contributed by atoms with E-state index in [1.165, 1.54) is 24.7 Å². The summed E-state index contributed by atoms with van der Waals surface area (Å²) in [6.07, 6.45) is 1.17. The lowest BCUT2D eigenvalue weighted by Crippen LogP contribution is -3.61. The number of halogens is 1. The van der Waals surface area contributed by atoms with Crippen molar-refractivity contribution in [3.8, 4) is 0 Å². The van der Waals surface area contributed by atoms with Gasteiger partial charge in [0.15, 0.2) is 7.14 Å². The maximum Gasteiger partial charge on any atom is 0.357 e. The second-order valence-corrected chi connectivity index (χ2v) is 8.18. The van der Waals surface area contributed by atoms with Crippen LogP contribution in [0.15, 0.2) is 48.5 Å². The highest BCUT2D eigenvalue weighted by molar-refractivity contribution is 5.16. The first kappa shape index (κ1) is 14.5. The molecule has 0 aliphatic rings. The fourth-order valence-corrected chi connectivity index (χ4v) is 4.12. The van der Waals surface area contributed by atoms with E-state index >= 15 is 0 Å². The van der Waals surface area contributed by atoms with E-state index in [4.69, 9.17) is 5.73 Å². The molecule has 0 atom stereocenters. The Labute approximate surface area is 126 Å². The minimum absolute atomic E-state index is 0.0640.